The number of nitrogens with one attached hydrogen (secondary N) is 2. The average molecular weight is 384 g/mol. The summed E-state index contributed by atoms with van der Waals surface area (Å²) in [6, 6.07) is 6.35. The van der Waals surface area contributed by atoms with Crippen LogP contribution in [0.15, 0.2) is 35.3 Å². The number of hydrogen-bond acceptors (Lipinski definition) is 8. The first kappa shape index (κ1) is 17.0. The number of anilines is 1. The summed E-state index contributed by atoms with van der Waals surface area (Å²) in [7, 11) is 0. The van der Waals surface area contributed by atoms with Crippen molar-refractivity contribution in [3.63, 3.8) is 0 Å². The second-order valence-electron chi connectivity index (χ2n) is 5.86. The fourth-order valence-electron chi connectivity index (χ4n) is 2.61. The van der Waals surface area contributed by atoms with E-state index in [0.717, 1.165) is 0 Å². The minimum atomic E-state index is -0.442. The number of halogens is 1. The molecule has 3 heterocycles. The SMILES string of the molecule is Cc1nnnn1-c1ccnc(N[C@@H](C)c2nc3cc(Cl)ccc3[nH]c2=O)n1. The van der Waals surface area contributed by atoms with Crippen molar-refractivity contribution in [2.75, 3.05) is 5.32 Å². The van der Waals surface area contributed by atoms with Crippen LogP contribution in [-0.2, 0) is 0 Å². The quantitative estimate of drug-likeness (QED) is 0.546. The molecule has 4 rings (SSSR count). The van der Waals surface area contributed by atoms with Gasteiger partial charge in [0, 0.05) is 17.3 Å². The number of H-pyrrole nitrogens is 1. The van der Waals surface area contributed by atoms with Crippen molar-refractivity contribution in [1.82, 2.24) is 40.1 Å². The highest BCUT2D eigenvalue weighted by Gasteiger charge is 2.15. The highest BCUT2D eigenvalue weighted by Crippen LogP contribution is 2.18. The molecule has 11 heteroatoms. The molecule has 1 aromatic carbocycles. The molecule has 0 saturated heterocycles. The number of rotatable bonds is 4. The van der Waals surface area contributed by atoms with Gasteiger partial charge < -0.3 is 10.3 Å². The third kappa shape index (κ3) is 3.34. The molecule has 1 atom stereocenters. The molecule has 0 bridgehead atoms. The third-order valence-electron chi connectivity index (χ3n) is 3.92. The van der Waals surface area contributed by atoms with Crippen molar-refractivity contribution in [3.05, 3.63) is 57.4 Å². The molecule has 0 radical (unpaired) electrons. The van der Waals surface area contributed by atoms with Crippen molar-refractivity contribution in [1.29, 1.82) is 0 Å². The molecule has 10 nitrogen and oxygen atoms in total. The van der Waals surface area contributed by atoms with Crippen LogP contribution in [0.5, 0.6) is 0 Å². The third-order valence-corrected chi connectivity index (χ3v) is 4.16. The number of fused-ring (bicyclic) bond motifs is 1. The van der Waals surface area contributed by atoms with Gasteiger partial charge in [0.15, 0.2) is 11.6 Å². The van der Waals surface area contributed by atoms with Crippen molar-refractivity contribution in [2.45, 2.75) is 19.9 Å². The molecule has 2 N–H and O–H groups in total. The summed E-state index contributed by atoms with van der Waals surface area (Å²) in [5, 5.41) is 14.9. The van der Waals surface area contributed by atoms with Crippen LogP contribution in [0.25, 0.3) is 16.9 Å². The first-order valence-electron chi connectivity index (χ1n) is 8.05. The number of tetrazole rings is 1. The van der Waals surface area contributed by atoms with Crippen LogP contribution in [0.1, 0.15) is 24.5 Å². The Morgan fingerprint density at radius 3 is 2.89 bits per heavy atom. The van der Waals surface area contributed by atoms with Gasteiger partial charge in [-0.2, -0.15) is 9.67 Å². The number of nitrogens with zero attached hydrogens (tertiary/aromatic N) is 7. The largest absolute Gasteiger partial charge is 0.346 e. The maximum atomic E-state index is 12.4. The van der Waals surface area contributed by atoms with Gasteiger partial charge in [-0.05, 0) is 42.5 Å². The van der Waals surface area contributed by atoms with Gasteiger partial charge in [0.25, 0.3) is 5.56 Å². The van der Waals surface area contributed by atoms with Crippen molar-refractivity contribution in [2.24, 2.45) is 0 Å². The minimum absolute atomic E-state index is 0.294. The van der Waals surface area contributed by atoms with Gasteiger partial charge in [-0.25, -0.2) is 9.97 Å². The van der Waals surface area contributed by atoms with Gasteiger partial charge in [-0.15, -0.1) is 5.10 Å². The molecule has 0 aliphatic heterocycles. The lowest BCUT2D eigenvalue weighted by Crippen LogP contribution is -2.22. The zero-order chi connectivity index (χ0) is 19.0. The van der Waals surface area contributed by atoms with Gasteiger partial charge in [0.05, 0.1) is 17.1 Å². The molecule has 0 amide bonds. The van der Waals surface area contributed by atoms with E-state index in [9.17, 15) is 4.79 Å². The Balaban J connectivity index is 1.65. The number of hydrogen-bond donors (Lipinski definition) is 2. The fourth-order valence-corrected chi connectivity index (χ4v) is 2.77. The Kier molecular flexibility index (Phi) is 4.24. The predicted octanol–water partition coefficient (Wildman–Crippen LogP) is 1.82. The maximum Gasteiger partial charge on any atom is 0.272 e. The smallest absolute Gasteiger partial charge is 0.272 e. The van der Waals surface area contributed by atoms with E-state index >= 15 is 0 Å². The summed E-state index contributed by atoms with van der Waals surface area (Å²) in [5.41, 5.74) is 1.23. The van der Waals surface area contributed by atoms with Crippen LogP contribution in [0.3, 0.4) is 0 Å². The monoisotopic (exact) mass is 383 g/mol. The predicted molar refractivity (Wildman–Crippen MR) is 98.9 cm³/mol. The summed E-state index contributed by atoms with van der Waals surface area (Å²) in [6.07, 6.45) is 1.58. The van der Waals surface area contributed by atoms with E-state index in [-0.39, 0.29) is 5.56 Å². The highest BCUT2D eigenvalue weighted by molar-refractivity contribution is 6.31. The first-order valence-corrected chi connectivity index (χ1v) is 8.43. The van der Waals surface area contributed by atoms with Gasteiger partial charge in [-0.3, -0.25) is 4.79 Å². The van der Waals surface area contributed by atoms with Gasteiger partial charge in [0.2, 0.25) is 5.95 Å². The summed E-state index contributed by atoms with van der Waals surface area (Å²) in [5.74, 6) is 1.42. The average Bonchev–Trinajstić information content (AvgIpc) is 3.07. The molecule has 27 heavy (non-hydrogen) atoms. The van der Waals surface area contributed by atoms with E-state index in [1.807, 2.05) is 0 Å². The number of benzene rings is 1. The van der Waals surface area contributed by atoms with Gasteiger partial charge >= 0.3 is 0 Å². The Labute approximate surface area is 157 Å². The Morgan fingerprint density at radius 1 is 1.26 bits per heavy atom. The molecule has 3 aromatic heterocycles. The molecular formula is C16H14ClN9O. The minimum Gasteiger partial charge on any atom is -0.346 e. The standard InChI is InChI=1S/C16H14ClN9O/c1-8(14-15(27)21-11-4-3-10(17)7-12(11)20-14)19-16-18-6-5-13(22-16)26-9(2)23-24-25-26/h3-8H,1-2H3,(H,21,27)(H,18,19,22)/t8-/m0/s1. The van der Waals surface area contributed by atoms with Crippen LogP contribution < -0.4 is 10.9 Å². The number of aryl methyl sites for hydroxylation is 1. The molecule has 136 valence electrons. The summed E-state index contributed by atoms with van der Waals surface area (Å²) < 4.78 is 1.49. The zero-order valence-corrected chi connectivity index (χ0v) is 15.1. The Morgan fingerprint density at radius 2 is 2.11 bits per heavy atom. The van der Waals surface area contributed by atoms with Crippen LogP contribution >= 0.6 is 11.6 Å². The second-order valence-corrected chi connectivity index (χ2v) is 6.29. The lowest BCUT2D eigenvalue weighted by molar-refractivity contribution is 0.751. The second kappa shape index (κ2) is 6.72. The Hall–Kier alpha value is -3.40. The van der Waals surface area contributed by atoms with Crippen LogP contribution in [-0.4, -0.2) is 40.1 Å². The molecule has 4 aromatic rings. The van der Waals surface area contributed by atoms with Crippen molar-refractivity contribution < 1.29 is 0 Å². The molecule has 0 aliphatic carbocycles. The van der Waals surface area contributed by atoms with E-state index in [0.29, 0.717) is 39.3 Å². The van der Waals surface area contributed by atoms with Crippen molar-refractivity contribution >= 4 is 28.6 Å². The van der Waals surface area contributed by atoms with E-state index in [1.165, 1.54) is 4.68 Å². The fraction of sp³-hybridized carbons (Fsp3) is 0.188. The lowest BCUT2D eigenvalue weighted by atomic mass is 10.2. The molecule has 0 saturated carbocycles. The number of aromatic nitrogens is 8. The van der Waals surface area contributed by atoms with Crippen LogP contribution in [0.2, 0.25) is 5.02 Å². The number of aromatic amines is 1. The highest BCUT2D eigenvalue weighted by atomic mass is 35.5. The molecule has 0 spiro atoms. The van der Waals surface area contributed by atoms with E-state index in [1.54, 1.807) is 44.3 Å². The topological polar surface area (TPSA) is 127 Å². The van der Waals surface area contributed by atoms with Crippen molar-refractivity contribution in [3.8, 4) is 5.82 Å². The summed E-state index contributed by atoms with van der Waals surface area (Å²) in [4.78, 5) is 28.2. The van der Waals surface area contributed by atoms with Gasteiger partial charge in [0.1, 0.15) is 5.69 Å². The summed E-state index contributed by atoms with van der Waals surface area (Å²) >= 11 is 6.01. The van der Waals surface area contributed by atoms with Crippen LogP contribution in [0, 0.1) is 6.92 Å². The first-order chi connectivity index (χ1) is 13.0. The lowest BCUT2D eigenvalue weighted by Gasteiger charge is -2.13. The molecule has 0 fully saturated rings. The normalized spacial score (nSPS) is 12.3. The van der Waals surface area contributed by atoms with E-state index in [4.69, 9.17) is 11.6 Å². The molecule has 0 unspecified atom stereocenters. The maximum absolute atomic E-state index is 12.4. The van der Waals surface area contributed by atoms with E-state index < -0.39 is 6.04 Å². The summed E-state index contributed by atoms with van der Waals surface area (Å²) in [6.45, 7) is 3.56. The van der Waals surface area contributed by atoms with Gasteiger partial charge in [-0.1, -0.05) is 11.6 Å². The van der Waals surface area contributed by atoms with Crippen LogP contribution in [0.4, 0.5) is 5.95 Å². The van der Waals surface area contributed by atoms with E-state index in [2.05, 4.69) is 40.8 Å². The molecule has 0 aliphatic rings. The Bertz CT molecular complexity index is 1190. The zero-order valence-electron chi connectivity index (χ0n) is 14.4. The molecular weight excluding hydrogens is 370 g/mol.